The molecule has 0 radical (unpaired) electrons. The van der Waals surface area contributed by atoms with E-state index >= 15 is 0 Å². The zero-order chi connectivity index (χ0) is 11.7. The molecule has 2 N–H and O–H groups in total. The van der Waals surface area contributed by atoms with Gasteiger partial charge in [0.2, 0.25) is 0 Å². The first-order chi connectivity index (χ1) is 7.58. The van der Waals surface area contributed by atoms with Gasteiger partial charge in [0, 0.05) is 11.4 Å². The van der Waals surface area contributed by atoms with Crippen molar-refractivity contribution in [3.8, 4) is 0 Å². The number of hydrogen-bond acceptors (Lipinski definition) is 3. The number of halogens is 1. The molecule has 6 heteroatoms. The Morgan fingerprint density at radius 1 is 1.56 bits per heavy atom. The standard InChI is InChI=1S/C10H10BClO4/c12-8-3-6(1-2-9(13)14)10-7(4-8)5-16-11(10)15/h3-4,15H,1-2,5H2,(H,13,14). The van der Waals surface area contributed by atoms with Gasteiger partial charge in [0.05, 0.1) is 6.61 Å². The van der Waals surface area contributed by atoms with Crippen molar-refractivity contribution in [2.45, 2.75) is 19.4 Å². The van der Waals surface area contributed by atoms with Crippen LogP contribution >= 0.6 is 11.6 Å². The number of aryl methyl sites for hydroxylation is 1. The molecule has 84 valence electrons. The van der Waals surface area contributed by atoms with Crippen LogP contribution in [0.25, 0.3) is 0 Å². The van der Waals surface area contributed by atoms with Crippen molar-refractivity contribution in [3.63, 3.8) is 0 Å². The first-order valence-electron chi connectivity index (χ1n) is 4.90. The summed E-state index contributed by atoms with van der Waals surface area (Å²) >= 11 is 5.91. The molecular weight excluding hydrogens is 230 g/mol. The fraction of sp³-hybridized carbons (Fsp3) is 0.300. The summed E-state index contributed by atoms with van der Waals surface area (Å²) in [6.07, 6.45) is 0.359. The first kappa shape index (κ1) is 11.5. The number of carboxylic acids is 1. The quantitative estimate of drug-likeness (QED) is 0.758. The number of hydrogen-bond donors (Lipinski definition) is 2. The maximum atomic E-state index is 10.5. The monoisotopic (exact) mass is 240 g/mol. The molecular formula is C10H10BClO4. The molecule has 0 amide bonds. The van der Waals surface area contributed by atoms with E-state index in [0.29, 0.717) is 23.5 Å². The van der Waals surface area contributed by atoms with Gasteiger partial charge in [-0.2, -0.15) is 0 Å². The predicted molar refractivity (Wildman–Crippen MR) is 59.8 cm³/mol. The summed E-state index contributed by atoms with van der Waals surface area (Å²) in [6, 6.07) is 3.42. The maximum Gasteiger partial charge on any atom is 0.492 e. The predicted octanol–water partition coefficient (Wildman–Crippen LogP) is 0.575. The van der Waals surface area contributed by atoms with E-state index in [1.165, 1.54) is 0 Å². The number of rotatable bonds is 3. The molecule has 0 aliphatic carbocycles. The molecule has 1 aliphatic heterocycles. The zero-order valence-electron chi connectivity index (χ0n) is 8.44. The smallest absolute Gasteiger partial charge is 0.481 e. The van der Waals surface area contributed by atoms with E-state index in [4.69, 9.17) is 21.4 Å². The Labute approximate surface area is 97.9 Å². The molecule has 0 unspecified atom stereocenters. The van der Waals surface area contributed by atoms with Crippen LogP contribution in [0.5, 0.6) is 0 Å². The highest BCUT2D eigenvalue weighted by Crippen LogP contribution is 2.20. The van der Waals surface area contributed by atoms with Crippen LogP contribution in [-0.2, 0) is 22.5 Å². The van der Waals surface area contributed by atoms with Gasteiger partial charge in [-0.25, -0.2) is 0 Å². The lowest BCUT2D eigenvalue weighted by Gasteiger charge is -2.08. The lowest BCUT2D eigenvalue weighted by molar-refractivity contribution is -0.136. The Kier molecular flexibility index (Phi) is 3.19. The highest BCUT2D eigenvalue weighted by Gasteiger charge is 2.30. The number of carbonyl (C=O) groups is 1. The van der Waals surface area contributed by atoms with Crippen LogP contribution in [0.4, 0.5) is 0 Å². The minimum Gasteiger partial charge on any atom is -0.481 e. The van der Waals surface area contributed by atoms with Gasteiger partial charge in [0.1, 0.15) is 0 Å². The van der Waals surface area contributed by atoms with Crippen molar-refractivity contribution in [1.29, 1.82) is 0 Å². The topological polar surface area (TPSA) is 66.8 Å². The maximum absolute atomic E-state index is 10.5. The van der Waals surface area contributed by atoms with Crippen LogP contribution < -0.4 is 5.46 Å². The van der Waals surface area contributed by atoms with Gasteiger partial charge in [-0.1, -0.05) is 11.6 Å². The van der Waals surface area contributed by atoms with Crippen molar-refractivity contribution in [3.05, 3.63) is 28.3 Å². The molecule has 1 aromatic rings. The van der Waals surface area contributed by atoms with Crippen LogP contribution in [0.15, 0.2) is 12.1 Å². The van der Waals surface area contributed by atoms with Crippen LogP contribution in [0.1, 0.15) is 17.5 Å². The molecule has 4 nitrogen and oxygen atoms in total. The van der Waals surface area contributed by atoms with Crippen molar-refractivity contribution < 1.29 is 19.6 Å². The third kappa shape index (κ3) is 2.21. The summed E-state index contributed by atoms with van der Waals surface area (Å²) in [4.78, 5) is 10.5. The average molecular weight is 240 g/mol. The van der Waals surface area contributed by atoms with E-state index in [1.54, 1.807) is 12.1 Å². The van der Waals surface area contributed by atoms with Gasteiger partial charge in [-0.15, -0.1) is 0 Å². The second kappa shape index (κ2) is 4.45. The Morgan fingerprint density at radius 2 is 2.31 bits per heavy atom. The summed E-state index contributed by atoms with van der Waals surface area (Å²) < 4.78 is 5.08. The fourth-order valence-corrected chi connectivity index (χ4v) is 2.14. The Morgan fingerprint density at radius 3 is 3.00 bits per heavy atom. The van der Waals surface area contributed by atoms with Crippen LogP contribution in [-0.4, -0.2) is 23.2 Å². The van der Waals surface area contributed by atoms with Crippen LogP contribution in [0.3, 0.4) is 0 Å². The summed E-state index contributed by atoms with van der Waals surface area (Å²) in [5, 5.41) is 18.8. The highest BCUT2D eigenvalue weighted by atomic mass is 35.5. The van der Waals surface area contributed by atoms with E-state index in [1.807, 2.05) is 0 Å². The molecule has 1 aromatic carbocycles. The third-order valence-electron chi connectivity index (χ3n) is 2.57. The molecule has 0 saturated heterocycles. The van der Waals surface area contributed by atoms with Gasteiger partial charge in [-0.05, 0) is 35.1 Å². The zero-order valence-corrected chi connectivity index (χ0v) is 9.20. The molecule has 1 aliphatic rings. The Hall–Kier alpha value is -1.04. The number of carboxylic acid groups (broad SMARTS) is 1. The number of aliphatic carboxylic acids is 1. The van der Waals surface area contributed by atoms with E-state index < -0.39 is 13.1 Å². The molecule has 0 saturated carbocycles. The van der Waals surface area contributed by atoms with Crippen molar-refractivity contribution in [2.75, 3.05) is 0 Å². The lowest BCUT2D eigenvalue weighted by Crippen LogP contribution is -2.31. The molecule has 2 rings (SSSR count). The second-order valence-corrected chi connectivity index (χ2v) is 4.13. The SMILES string of the molecule is O=C(O)CCc1cc(Cl)cc2c1B(O)OC2. The van der Waals surface area contributed by atoms with E-state index in [0.717, 1.165) is 11.1 Å². The van der Waals surface area contributed by atoms with Gasteiger partial charge >= 0.3 is 13.1 Å². The van der Waals surface area contributed by atoms with Crippen LogP contribution in [0.2, 0.25) is 5.02 Å². The average Bonchev–Trinajstić information content (AvgIpc) is 2.56. The highest BCUT2D eigenvalue weighted by molar-refractivity contribution is 6.62. The Bertz CT molecular complexity index is 435. The normalized spacial score (nSPS) is 14.0. The number of fused-ring (bicyclic) bond motifs is 1. The molecule has 0 spiro atoms. The third-order valence-corrected chi connectivity index (χ3v) is 2.79. The van der Waals surface area contributed by atoms with Gasteiger partial charge in [0.15, 0.2) is 0 Å². The van der Waals surface area contributed by atoms with Gasteiger partial charge in [-0.3, -0.25) is 4.79 Å². The molecule has 0 atom stereocenters. The minimum atomic E-state index is -0.962. The minimum absolute atomic E-state index is 0.0134. The Balaban J connectivity index is 2.33. The molecule has 0 aromatic heterocycles. The largest absolute Gasteiger partial charge is 0.492 e. The van der Waals surface area contributed by atoms with Gasteiger partial charge in [0.25, 0.3) is 0 Å². The van der Waals surface area contributed by atoms with E-state index in [9.17, 15) is 9.82 Å². The van der Waals surface area contributed by atoms with E-state index in [-0.39, 0.29) is 6.42 Å². The molecule has 16 heavy (non-hydrogen) atoms. The fourth-order valence-electron chi connectivity index (χ4n) is 1.87. The van der Waals surface area contributed by atoms with Crippen molar-refractivity contribution in [2.24, 2.45) is 0 Å². The summed E-state index contributed by atoms with van der Waals surface area (Å²) in [5.41, 5.74) is 2.25. The van der Waals surface area contributed by atoms with Crippen molar-refractivity contribution >= 4 is 30.2 Å². The van der Waals surface area contributed by atoms with Crippen LogP contribution in [0, 0.1) is 0 Å². The second-order valence-electron chi connectivity index (χ2n) is 3.69. The molecule has 0 bridgehead atoms. The lowest BCUT2D eigenvalue weighted by atomic mass is 9.75. The van der Waals surface area contributed by atoms with Gasteiger partial charge < -0.3 is 14.8 Å². The molecule has 1 heterocycles. The number of benzene rings is 1. The molecule has 0 fully saturated rings. The summed E-state index contributed by atoms with van der Waals surface area (Å²) in [5.74, 6) is -0.873. The van der Waals surface area contributed by atoms with Crippen molar-refractivity contribution in [1.82, 2.24) is 0 Å². The summed E-state index contributed by atoms with van der Waals surface area (Å²) in [6.45, 7) is 0.317. The first-order valence-corrected chi connectivity index (χ1v) is 5.28. The van der Waals surface area contributed by atoms with E-state index in [2.05, 4.69) is 0 Å². The summed E-state index contributed by atoms with van der Waals surface area (Å²) in [7, 11) is -0.962.